The number of rotatable bonds is 4. The predicted molar refractivity (Wildman–Crippen MR) is 114 cm³/mol. The standard InChI is InChI=1S/C23H27N3O5/c1-28-19-3-5-20-17(12-19)11-18(14-29-20)24-23(27)26-8-6-25(7-9-26)13-16-2-4-21-22(10-16)31-15-30-21/h2-5,10,12,18H,6-9,11,13-15H2,1H3,(H,24,27)/t18-/m1/s1. The van der Waals surface area contributed by atoms with Crippen LogP contribution in [0.2, 0.25) is 0 Å². The maximum Gasteiger partial charge on any atom is 0.317 e. The lowest BCUT2D eigenvalue weighted by Gasteiger charge is -2.36. The zero-order chi connectivity index (χ0) is 21.2. The van der Waals surface area contributed by atoms with Crippen molar-refractivity contribution in [2.45, 2.75) is 19.0 Å². The maximum atomic E-state index is 12.8. The average molecular weight is 425 g/mol. The van der Waals surface area contributed by atoms with E-state index in [2.05, 4.69) is 16.3 Å². The molecule has 0 aromatic heterocycles. The van der Waals surface area contributed by atoms with Crippen molar-refractivity contribution in [2.75, 3.05) is 46.7 Å². The third-order valence-electron chi connectivity index (χ3n) is 6.00. The van der Waals surface area contributed by atoms with Crippen LogP contribution in [0.5, 0.6) is 23.0 Å². The molecular formula is C23H27N3O5. The number of urea groups is 1. The topological polar surface area (TPSA) is 72.5 Å². The first-order valence-electron chi connectivity index (χ1n) is 10.6. The highest BCUT2D eigenvalue weighted by atomic mass is 16.7. The zero-order valence-corrected chi connectivity index (χ0v) is 17.6. The minimum absolute atomic E-state index is 0.0253. The fraction of sp³-hybridized carbons (Fsp3) is 0.435. The highest BCUT2D eigenvalue weighted by Gasteiger charge is 2.26. The smallest absolute Gasteiger partial charge is 0.317 e. The number of ether oxygens (including phenoxy) is 4. The Bertz CT molecular complexity index is 958. The molecule has 0 spiro atoms. The first-order chi connectivity index (χ1) is 15.2. The molecule has 8 heteroatoms. The Labute approximate surface area is 181 Å². The normalized spacial score (nSPS) is 20.0. The fourth-order valence-corrected chi connectivity index (χ4v) is 4.26. The van der Waals surface area contributed by atoms with Crippen molar-refractivity contribution < 1.29 is 23.7 Å². The van der Waals surface area contributed by atoms with E-state index in [0.717, 1.165) is 54.6 Å². The van der Waals surface area contributed by atoms with Crippen molar-refractivity contribution in [1.29, 1.82) is 0 Å². The first kappa shape index (κ1) is 19.8. The monoisotopic (exact) mass is 425 g/mol. The van der Waals surface area contributed by atoms with Crippen LogP contribution >= 0.6 is 0 Å². The molecule has 1 N–H and O–H groups in total. The number of benzene rings is 2. The highest BCUT2D eigenvalue weighted by molar-refractivity contribution is 5.74. The predicted octanol–water partition coefficient (Wildman–Crippen LogP) is 2.25. The highest BCUT2D eigenvalue weighted by Crippen LogP contribution is 2.33. The average Bonchev–Trinajstić information content (AvgIpc) is 3.27. The van der Waals surface area contributed by atoms with Crippen molar-refractivity contribution in [2.24, 2.45) is 0 Å². The van der Waals surface area contributed by atoms with Gasteiger partial charge in [-0.3, -0.25) is 4.90 Å². The third-order valence-corrected chi connectivity index (χ3v) is 6.00. The van der Waals surface area contributed by atoms with Crippen molar-refractivity contribution in [3.63, 3.8) is 0 Å². The molecular weight excluding hydrogens is 398 g/mol. The van der Waals surface area contributed by atoms with Gasteiger partial charge in [0, 0.05) is 32.7 Å². The van der Waals surface area contributed by atoms with E-state index in [0.29, 0.717) is 19.7 Å². The molecule has 31 heavy (non-hydrogen) atoms. The summed E-state index contributed by atoms with van der Waals surface area (Å²) in [4.78, 5) is 17.0. The molecule has 0 saturated carbocycles. The molecule has 3 aliphatic heterocycles. The summed E-state index contributed by atoms with van der Waals surface area (Å²) in [5, 5.41) is 3.13. The molecule has 0 radical (unpaired) electrons. The van der Waals surface area contributed by atoms with Crippen LogP contribution in [0.1, 0.15) is 11.1 Å². The van der Waals surface area contributed by atoms with E-state index in [1.165, 1.54) is 5.56 Å². The van der Waals surface area contributed by atoms with Gasteiger partial charge in [-0.1, -0.05) is 6.07 Å². The Kier molecular flexibility index (Phi) is 5.46. The van der Waals surface area contributed by atoms with Gasteiger partial charge in [0.2, 0.25) is 6.79 Å². The Balaban J connectivity index is 1.11. The van der Waals surface area contributed by atoms with Crippen LogP contribution in [0.15, 0.2) is 36.4 Å². The zero-order valence-electron chi connectivity index (χ0n) is 17.6. The van der Waals surface area contributed by atoms with Gasteiger partial charge >= 0.3 is 6.03 Å². The van der Waals surface area contributed by atoms with Gasteiger partial charge in [0.05, 0.1) is 13.2 Å². The molecule has 3 heterocycles. The Hall–Kier alpha value is -3.13. The number of amides is 2. The van der Waals surface area contributed by atoms with Crippen LogP contribution < -0.4 is 24.3 Å². The van der Waals surface area contributed by atoms with Crippen LogP contribution in [0, 0.1) is 0 Å². The van der Waals surface area contributed by atoms with Crippen molar-refractivity contribution in [3.05, 3.63) is 47.5 Å². The number of hydrogen-bond donors (Lipinski definition) is 1. The quantitative estimate of drug-likeness (QED) is 0.810. The van der Waals surface area contributed by atoms with Gasteiger partial charge < -0.3 is 29.2 Å². The Morgan fingerprint density at radius 3 is 2.68 bits per heavy atom. The van der Waals surface area contributed by atoms with Crippen LogP contribution in [-0.4, -0.2) is 68.6 Å². The number of nitrogens with one attached hydrogen (secondary N) is 1. The molecule has 1 atom stereocenters. The minimum Gasteiger partial charge on any atom is -0.497 e. The van der Waals surface area contributed by atoms with E-state index in [4.69, 9.17) is 18.9 Å². The van der Waals surface area contributed by atoms with Crippen LogP contribution in [-0.2, 0) is 13.0 Å². The lowest BCUT2D eigenvalue weighted by Crippen LogP contribution is -2.54. The van der Waals surface area contributed by atoms with Crippen molar-refractivity contribution in [3.8, 4) is 23.0 Å². The second-order valence-electron chi connectivity index (χ2n) is 8.09. The molecule has 0 unspecified atom stereocenters. The van der Waals surface area contributed by atoms with E-state index in [-0.39, 0.29) is 18.9 Å². The molecule has 5 rings (SSSR count). The van der Waals surface area contributed by atoms with Gasteiger partial charge in [-0.25, -0.2) is 4.79 Å². The molecule has 164 valence electrons. The second-order valence-corrected chi connectivity index (χ2v) is 8.09. The number of carbonyl (C=O) groups is 1. The summed E-state index contributed by atoms with van der Waals surface area (Å²) >= 11 is 0. The van der Waals surface area contributed by atoms with Crippen LogP contribution in [0.25, 0.3) is 0 Å². The molecule has 2 amide bonds. The maximum absolute atomic E-state index is 12.8. The minimum atomic E-state index is -0.0428. The summed E-state index contributed by atoms with van der Waals surface area (Å²) in [5.74, 6) is 3.28. The van der Waals surface area contributed by atoms with E-state index in [1.807, 2.05) is 35.2 Å². The van der Waals surface area contributed by atoms with Gasteiger partial charge in [-0.05, 0) is 47.9 Å². The molecule has 1 fully saturated rings. The van der Waals surface area contributed by atoms with E-state index in [9.17, 15) is 4.79 Å². The summed E-state index contributed by atoms with van der Waals surface area (Å²) in [6, 6.07) is 11.8. The van der Waals surface area contributed by atoms with Gasteiger partial charge in [-0.2, -0.15) is 0 Å². The third kappa shape index (κ3) is 4.34. The summed E-state index contributed by atoms with van der Waals surface area (Å²) < 4.78 is 22.0. The number of carbonyl (C=O) groups excluding carboxylic acids is 1. The molecule has 2 aromatic rings. The summed E-state index contributed by atoms with van der Waals surface area (Å²) in [6.07, 6.45) is 0.738. The van der Waals surface area contributed by atoms with Crippen LogP contribution in [0.3, 0.4) is 0 Å². The van der Waals surface area contributed by atoms with Gasteiger partial charge in [-0.15, -0.1) is 0 Å². The SMILES string of the molecule is COc1ccc2c(c1)C[C@@H](NC(=O)N1CCN(Cc3ccc4c(c3)OCO4)CC1)CO2. The number of hydrogen-bond acceptors (Lipinski definition) is 6. The molecule has 0 bridgehead atoms. The summed E-state index contributed by atoms with van der Waals surface area (Å²) in [6.45, 7) is 4.68. The summed E-state index contributed by atoms with van der Waals surface area (Å²) in [7, 11) is 1.65. The molecule has 2 aromatic carbocycles. The number of fused-ring (bicyclic) bond motifs is 2. The Morgan fingerprint density at radius 1 is 1.03 bits per heavy atom. The van der Waals surface area contributed by atoms with E-state index in [1.54, 1.807) is 7.11 Å². The van der Waals surface area contributed by atoms with Crippen LogP contribution in [0.4, 0.5) is 4.79 Å². The van der Waals surface area contributed by atoms with Gasteiger partial charge in [0.15, 0.2) is 11.5 Å². The van der Waals surface area contributed by atoms with Crippen molar-refractivity contribution >= 4 is 6.03 Å². The van der Waals surface area contributed by atoms with Crippen molar-refractivity contribution in [1.82, 2.24) is 15.1 Å². The van der Waals surface area contributed by atoms with E-state index < -0.39 is 0 Å². The molecule has 3 aliphatic rings. The molecule has 0 aliphatic carbocycles. The molecule has 8 nitrogen and oxygen atoms in total. The number of piperazine rings is 1. The fourth-order valence-electron chi connectivity index (χ4n) is 4.26. The number of nitrogens with zero attached hydrogens (tertiary/aromatic N) is 2. The largest absolute Gasteiger partial charge is 0.497 e. The van der Waals surface area contributed by atoms with Gasteiger partial charge in [0.1, 0.15) is 18.1 Å². The second kappa shape index (κ2) is 8.55. The Morgan fingerprint density at radius 2 is 1.84 bits per heavy atom. The molecule has 1 saturated heterocycles. The lowest BCUT2D eigenvalue weighted by atomic mass is 10.0. The number of methoxy groups -OCH3 is 1. The van der Waals surface area contributed by atoms with Gasteiger partial charge in [0.25, 0.3) is 0 Å². The lowest BCUT2D eigenvalue weighted by molar-refractivity contribution is 0.129. The first-order valence-corrected chi connectivity index (χ1v) is 10.6. The summed E-state index contributed by atoms with van der Waals surface area (Å²) in [5.41, 5.74) is 2.25. The van der Waals surface area contributed by atoms with E-state index >= 15 is 0 Å².